The summed E-state index contributed by atoms with van der Waals surface area (Å²) < 4.78 is 0. The van der Waals surface area contributed by atoms with Gasteiger partial charge in [0.2, 0.25) is 5.91 Å². The molecule has 3 N–H and O–H groups in total. The van der Waals surface area contributed by atoms with Crippen LogP contribution in [0.25, 0.3) is 0 Å². The van der Waals surface area contributed by atoms with Crippen LogP contribution >= 0.6 is 24.8 Å². The molecule has 0 bridgehead atoms. The number of benzene rings is 1. The van der Waals surface area contributed by atoms with Gasteiger partial charge >= 0.3 is 0 Å². The molecule has 0 unspecified atom stereocenters. The summed E-state index contributed by atoms with van der Waals surface area (Å²) in [5, 5.41) is 9.36. The number of carbonyl (C=O) groups excluding carboxylic acids is 1. The number of aromatic hydroxyl groups is 1. The molecule has 0 aromatic heterocycles. The summed E-state index contributed by atoms with van der Waals surface area (Å²) in [7, 11) is 0. The Balaban J connectivity index is 0.00000144. The van der Waals surface area contributed by atoms with Crippen molar-refractivity contribution in [3.05, 3.63) is 24.3 Å². The van der Waals surface area contributed by atoms with Crippen LogP contribution in [0, 0.1) is 5.41 Å². The van der Waals surface area contributed by atoms with Crippen molar-refractivity contribution in [3.8, 4) is 5.75 Å². The molecule has 7 heteroatoms. The van der Waals surface area contributed by atoms with Gasteiger partial charge in [-0.1, -0.05) is 12.8 Å². The number of piperazine rings is 1. The van der Waals surface area contributed by atoms with Gasteiger partial charge in [-0.15, -0.1) is 24.8 Å². The molecule has 0 radical (unpaired) electrons. The highest BCUT2D eigenvalue weighted by Gasteiger charge is 2.42. The van der Waals surface area contributed by atoms with Crippen molar-refractivity contribution in [1.82, 2.24) is 4.90 Å². The molecule has 1 aromatic carbocycles. The molecule has 1 heterocycles. The first kappa shape index (κ1) is 20.9. The number of rotatable bonds is 3. The monoisotopic (exact) mass is 375 g/mol. The van der Waals surface area contributed by atoms with E-state index in [1.54, 1.807) is 12.1 Å². The average Bonchev–Trinajstić information content (AvgIpc) is 3.05. The Labute approximate surface area is 156 Å². The molecule has 1 aromatic rings. The first-order chi connectivity index (χ1) is 10.6. The number of halogens is 2. The zero-order valence-electron chi connectivity index (χ0n) is 13.8. The number of anilines is 1. The van der Waals surface area contributed by atoms with Crippen LogP contribution in [0.3, 0.4) is 0 Å². The van der Waals surface area contributed by atoms with Crippen LogP contribution in [0.5, 0.6) is 5.75 Å². The highest BCUT2D eigenvalue weighted by molar-refractivity contribution is 5.85. The van der Waals surface area contributed by atoms with Crippen LogP contribution in [0.15, 0.2) is 24.3 Å². The van der Waals surface area contributed by atoms with E-state index in [4.69, 9.17) is 5.73 Å². The molecule has 3 rings (SSSR count). The molecule has 2 aliphatic rings. The summed E-state index contributed by atoms with van der Waals surface area (Å²) in [5.74, 6) is 0.543. The van der Waals surface area contributed by atoms with Crippen molar-refractivity contribution in [2.24, 2.45) is 11.1 Å². The van der Waals surface area contributed by atoms with Crippen LogP contribution in [-0.4, -0.2) is 48.6 Å². The summed E-state index contributed by atoms with van der Waals surface area (Å²) in [6.45, 7) is 3.64. The van der Waals surface area contributed by atoms with Gasteiger partial charge in [0.15, 0.2) is 0 Å². The highest BCUT2D eigenvalue weighted by atomic mass is 35.5. The number of nitrogens with zero attached hydrogens (tertiary/aromatic N) is 2. The fraction of sp³-hybridized carbons (Fsp3) is 0.588. The number of amides is 1. The largest absolute Gasteiger partial charge is 0.508 e. The molecule has 5 nitrogen and oxygen atoms in total. The standard InChI is InChI=1S/C17H25N3O2.2ClH/c18-13-17(7-1-2-8-17)16(22)20-11-9-19(10-12-20)14-3-5-15(21)6-4-14;;/h3-6,21H,1-2,7-13,18H2;2*1H. The third kappa shape index (κ3) is 4.08. The van der Waals surface area contributed by atoms with Gasteiger partial charge in [-0.2, -0.15) is 0 Å². The number of carbonyl (C=O) groups is 1. The second-order valence-electron chi connectivity index (χ2n) is 6.49. The van der Waals surface area contributed by atoms with E-state index in [0.29, 0.717) is 6.54 Å². The molecule has 1 saturated heterocycles. The second kappa shape index (κ2) is 8.79. The molecule has 2 fully saturated rings. The Kier molecular flexibility index (Phi) is 7.64. The van der Waals surface area contributed by atoms with Gasteiger partial charge < -0.3 is 20.6 Å². The molecule has 24 heavy (non-hydrogen) atoms. The molecule has 1 aliphatic heterocycles. The quantitative estimate of drug-likeness (QED) is 0.850. The van der Waals surface area contributed by atoms with E-state index in [1.807, 2.05) is 17.0 Å². The number of nitrogens with two attached hydrogens (primary N) is 1. The van der Waals surface area contributed by atoms with E-state index in [9.17, 15) is 9.90 Å². The maximum atomic E-state index is 12.8. The predicted molar refractivity (Wildman–Crippen MR) is 101 cm³/mol. The number of phenols is 1. The lowest BCUT2D eigenvalue weighted by molar-refractivity contribution is -0.141. The van der Waals surface area contributed by atoms with Gasteiger partial charge in [-0.3, -0.25) is 4.79 Å². The summed E-state index contributed by atoms with van der Waals surface area (Å²) in [6.07, 6.45) is 4.13. The molecule has 1 aliphatic carbocycles. The molecule has 0 atom stereocenters. The Morgan fingerprint density at radius 2 is 1.58 bits per heavy atom. The third-order valence-electron chi connectivity index (χ3n) is 5.19. The van der Waals surface area contributed by atoms with E-state index >= 15 is 0 Å². The van der Waals surface area contributed by atoms with E-state index in [2.05, 4.69) is 4.90 Å². The SMILES string of the molecule is Cl.Cl.NCC1(C(=O)N2CCN(c3ccc(O)cc3)CC2)CCCC1. The minimum atomic E-state index is -0.291. The number of hydrogen-bond donors (Lipinski definition) is 2. The third-order valence-corrected chi connectivity index (χ3v) is 5.19. The van der Waals surface area contributed by atoms with E-state index < -0.39 is 0 Å². The fourth-order valence-electron chi connectivity index (χ4n) is 3.72. The average molecular weight is 376 g/mol. The Morgan fingerprint density at radius 3 is 2.08 bits per heavy atom. The smallest absolute Gasteiger partial charge is 0.230 e. The van der Waals surface area contributed by atoms with Crippen LogP contribution in [-0.2, 0) is 4.79 Å². The normalized spacial score (nSPS) is 19.4. The minimum absolute atomic E-state index is 0. The maximum absolute atomic E-state index is 12.8. The molecular weight excluding hydrogens is 349 g/mol. The number of hydrogen-bond acceptors (Lipinski definition) is 4. The lowest BCUT2D eigenvalue weighted by Gasteiger charge is -2.40. The lowest BCUT2D eigenvalue weighted by Crippen LogP contribution is -2.54. The highest BCUT2D eigenvalue weighted by Crippen LogP contribution is 2.39. The van der Waals surface area contributed by atoms with Crippen molar-refractivity contribution >= 4 is 36.4 Å². The summed E-state index contributed by atoms with van der Waals surface area (Å²) in [5.41, 5.74) is 6.73. The van der Waals surface area contributed by atoms with Crippen LogP contribution < -0.4 is 10.6 Å². The van der Waals surface area contributed by atoms with Crippen molar-refractivity contribution in [2.75, 3.05) is 37.6 Å². The van der Waals surface area contributed by atoms with Gasteiger partial charge in [0.05, 0.1) is 5.41 Å². The zero-order valence-corrected chi connectivity index (χ0v) is 15.5. The second-order valence-corrected chi connectivity index (χ2v) is 6.49. The van der Waals surface area contributed by atoms with Gasteiger partial charge in [-0.25, -0.2) is 0 Å². The first-order valence-electron chi connectivity index (χ1n) is 8.18. The van der Waals surface area contributed by atoms with Gasteiger partial charge in [0, 0.05) is 38.4 Å². The van der Waals surface area contributed by atoms with Crippen molar-refractivity contribution < 1.29 is 9.90 Å². The molecule has 1 saturated carbocycles. The van der Waals surface area contributed by atoms with E-state index in [1.165, 1.54) is 0 Å². The van der Waals surface area contributed by atoms with Crippen molar-refractivity contribution in [3.63, 3.8) is 0 Å². The van der Waals surface area contributed by atoms with Crippen LogP contribution in [0.2, 0.25) is 0 Å². The predicted octanol–water partition coefficient (Wildman–Crippen LogP) is 2.40. The number of phenolic OH excluding ortho intramolecular Hbond substituents is 1. The molecule has 1 amide bonds. The van der Waals surface area contributed by atoms with E-state index in [-0.39, 0.29) is 41.9 Å². The van der Waals surface area contributed by atoms with Crippen molar-refractivity contribution in [2.45, 2.75) is 25.7 Å². The first-order valence-corrected chi connectivity index (χ1v) is 8.18. The minimum Gasteiger partial charge on any atom is -0.508 e. The van der Waals surface area contributed by atoms with E-state index in [0.717, 1.165) is 57.5 Å². The molecule has 0 spiro atoms. The Morgan fingerprint density at radius 1 is 1.04 bits per heavy atom. The van der Waals surface area contributed by atoms with Gasteiger partial charge in [-0.05, 0) is 37.1 Å². The molecule has 136 valence electrons. The topological polar surface area (TPSA) is 69.8 Å². The Hall–Kier alpha value is -1.17. The zero-order chi connectivity index (χ0) is 15.6. The van der Waals surface area contributed by atoms with Crippen molar-refractivity contribution in [1.29, 1.82) is 0 Å². The summed E-state index contributed by atoms with van der Waals surface area (Å²) >= 11 is 0. The summed E-state index contributed by atoms with van der Waals surface area (Å²) in [6, 6.07) is 7.25. The Bertz CT molecular complexity index is 525. The lowest BCUT2D eigenvalue weighted by atomic mass is 9.84. The van der Waals surface area contributed by atoms with Gasteiger partial charge in [0.25, 0.3) is 0 Å². The van der Waals surface area contributed by atoms with Gasteiger partial charge in [0.1, 0.15) is 5.75 Å². The molecular formula is C17H27Cl2N3O2. The summed E-state index contributed by atoms with van der Waals surface area (Å²) in [4.78, 5) is 17.1. The van der Waals surface area contributed by atoms with Crippen LogP contribution in [0.1, 0.15) is 25.7 Å². The fourth-order valence-corrected chi connectivity index (χ4v) is 3.72. The maximum Gasteiger partial charge on any atom is 0.230 e. The van der Waals surface area contributed by atoms with Crippen LogP contribution in [0.4, 0.5) is 5.69 Å².